The number of hydrogen-bond acceptors (Lipinski definition) is 7. The molecule has 3 rings (SSSR count). The van der Waals surface area contributed by atoms with Gasteiger partial charge in [0.15, 0.2) is 11.5 Å². The van der Waals surface area contributed by atoms with Crippen molar-refractivity contribution in [3.05, 3.63) is 36.4 Å². The van der Waals surface area contributed by atoms with Gasteiger partial charge in [0, 0.05) is 18.1 Å². The van der Waals surface area contributed by atoms with Gasteiger partial charge in [-0.15, -0.1) is 0 Å². The van der Waals surface area contributed by atoms with Crippen molar-refractivity contribution in [1.29, 1.82) is 0 Å². The molecule has 0 saturated carbocycles. The van der Waals surface area contributed by atoms with Crippen LogP contribution in [0.2, 0.25) is 0 Å². The molecule has 152 valence electrons. The topological polar surface area (TPSA) is 78.9 Å². The second-order valence-electron chi connectivity index (χ2n) is 6.09. The summed E-state index contributed by atoms with van der Waals surface area (Å²) < 4.78 is 26.1. The number of ether oxygens (including phenoxy) is 4. The van der Waals surface area contributed by atoms with Crippen LogP contribution in [0.1, 0.15) is 6.92 Å². The molecule has 1 heterocycles. The number of carbonyl (C=O) groups excluding carboxylic acids is 1. The molecule has 29 heavy (non-hydrogen) atoms. The standard InChI is InChI=1S/C21H22N2O5S/c1-12(24)22-16-8-13(6-7-17(16)25-2)15-11-20(29-23-15)14-9-18(26-3)21(28-5)19(10-14)27-4/h6-11H,1-5H3,(H,22,24). The van der Waals surface area contributed by atoms with Gasteiger partial charge in [-0.1, -0.05) is 0 Å². The van der Waals surface area contributed by atoms with E-state index in [0.29, 0.717) is 28.7 Å². The van der Waals surface area contributed by atoms with Gasteiger partial charge in [-0.05, 0) is 47.9 Å². The summed E-state index contributed by atoms with van der Waals surface area (Å²) in [4.78, 5) is 12.4. The number of nitrogens with one attached hydrogen (secondary N) is 1. The highest BCUT2D eigenvalue weighted by atomic mass is 32.1. The number of nitrogens with zero attached hydrogens (tertiary/aromatic N) is 1. The molecule has 1 amide bonds. The van der Waals surface area contributed by atoms with Crippen molar-refractivity contribution in [2.45, 2.75) is 6.92 Å². The van der Waals surface area contributed by atoms with Gasteiger partial charge in [0.2, 0.25) is 11.7 Å². The summed E-state index contributed by atoms with van der Waals surface area (Å²) in [5.74, 6) is 2.11. The zero-order valence-electron chi connectivity index (χ0n) is 16.9. The smallest absolute Gasteiger partial charge is 0.221 e. The number of amides is 1. The third kappa shape index (κ3) is 4.27. The summed E-state index contributed by atoms with van der Waals surface area (Å²) in [6.45, 7) is 1.46. The predicted octanol–water partition coefficient (Wildman–Crippen LogP) is 4.47. The first-order valence-electron chi connectivity index (χ1n) is 8.73. The van der Waals surface area contributed by atoms with Gasteiger partial charge in [-0.3, -0.25) is 4.79 Å². The molecule has 0 atom stereocenters. The van der Waals surface area contributed by atoms with E-state index in [2.05, 4.69) is 9.69 Å². The lowest BCUT2D eigenvalue weighted by Crippen LogP contribution is -2.07. The van der Waals surface area contributed by atoms with Crippen molar-refractivity contribution in [2.24, 2.45) is 0 Å². The lowest BCUT2D eigenvalue weighted by molar-refractivity contribution is -0.114. The Morgan fingerprint density at radius 3 is 2.07 bits per heavy atom. The van der Waals surface area contributed by atoms with Crippen LogP contribution in [0.15, 0.2) is 36.4 Å². The van der Waals surface area contributed by atoms with Crippen molar-refractivity contribution in [2.75, 3.05) is 33.8 Å². The fourth-order valence-corrected chi connectivity index (χ4v) is 3.67. The van der Waals surface area contributed by atoms with E-state index in [1.165, 1.54) is 18.5 Å². The maximum atomic E-state index is 11.5. The van der Waals surface area contributed by atoms with Gasteiger partial charge in [-0.25, -0.2) is 0 Å². The minimum atomic E-state index is -0.170. The molecule has 8 heteroatoms. The van der Waals surface area contributed by atoms with E-state index >= 15 is 0 Å². The normalized spacial score (nSPS) is 10.4. The number of anilines is 1. The molecule has 1 aromatic heterocycles. The molecule has 0 saturated heterocycles. The summed E-state index contributed by atoms with van der Waals surface area (Å²) in [5, 5.41) is 2.78. The predicted molar refractivity (Wildman–Crippen MR) is 113 cm³/mol. The average molecular weight is 414 g/mol. The van der Waals surface area contributed by atoms with Crippen molar-refractivity contribution in [1.82, 2.24) is 4.37 Å². The number of rotatable bonds is 7. The lowest BCUT2D eigenvalue weighted by Gasteiger charge is -2.13. The fourth-order valence-electron chi connectivity index (χ4n) is 2.93. The quantitative estimate of drug-likeness (QED) is 0.615. The maximum absolute atomic E-state index is 11.5. The van der Waals surface area contributed by atoms with Crippen molar-refractivity contribution < 1.29 is 23.7 Å². The average Bonchev–Trinajstić information content (AvgIpc) is 3.22. The first-order chi connectivity index (χ1) is 14.0. The molecule has 0 aliphatic rings. The second kappa shape index (κ2) is 8.83. The Labute approximate surface area is 173 Å². The summed E-state index contributed by atoms with van der Waals surface area (Å²) in [5.41, 5.74) is 3.15. The van der Waals surface area contributed by atoms with Crippen LogP contribution >= 0.6 is 11.5 Å². The molecule has 0 fully saturated rings. The Balaban J connectivity index is 2.01. The van der Waals surface area contributed by atoms with E-state index in [4.69, 9.17) is 18.9 Å². The fraction of sp³-hybridized carbons (Fsp3) is 0.238. The molecule has 3 aromatic rings. The van der Waals surface area contributed by atoms with Crippen LogP contribution in [0.3, 0.4) is 0 Å². The van der Waals surface area contributed by atoms with Crippen molar-refractivity contribution in [3.63, 3.8) is 0 Å². The number of benzene rings is 2. The molecule has 0 aliphatic carbocycles. The van der Waals surface area contributed by atoms with Crippen LogP contribution < -0.4 is 24.3 Å². The van der Waals surface area contributed by atoms with Crippen LogP contribution in [0.25, 0.3) is 21.7 Å². The van der Waals surface area contributed by atoms with Gasteiger partial charge >= 0.3 is 0 Å². The Morgan fingerprint density at radius 2 is 1.52 bits per heavy atom. The molecule has 2 aromatic carbocycles. The Bertz CT molecular complexity index is 1010. The molecule has 0 spiro atoms. The summed E-state index contributed by atoms with van der Waals surface area (Å²) in [6, 6.07) is 11.3. The molecular weight excluding hydrogens is 392 g/mol. The van der Waals surface area contributed by atoms with Crippen LogP contribution in [0.5, 0.6) is 23.0 Å². The summed E-state index contributed by atoms with van der Waals surface area (Å²) in [6.07, 6.45) is 0. The van der Waals surface area contributed by atoms with Crippen LogP contribution in [0, 0.1) is 0 Å². The Hall–Kier alpha value is -3.26. The molecule has 0 bridgehead atoms. The largest absolute Gasteiger partial charge is 0.495 e. The van der Waals surface area contributed by atoms with Crippen LogP contribution in [0.4, 0.5) is 5.69 Å². The summed E-state index contributed by atoms with van der Waals surface area (Å²) >= 11 is 1.36. The highest BCUT2D eigenvalue weighted by Gasteiger charge is 2.16. The molecular formula is C21H22N2O5S. The highest BCUT2D eigenvalue weighted by Crippen LogP contribution is 2.43. The number of hydrogen-bond donors (Lipinski definition) is 1. The minimum absolute atomic E-state index is 0.170. The zero-order valence-corrected chi connectivity index (χ0v) is 17.7. The number of methoxy groups -OCH3 is 4. The first-order valence-corrected chi connectivity index (χ1v) is 9.51. The molecule has 1 N–H and O–H groups in total. The summed E-state index contributed by atoms with van der Waals surface area (Å²) in [7, 11) is 6.30. The van der Waals surface area contributed by atoms with Gasteiger partial charge in [0.1, 0.15) is 5.75 Å². The SMILES string of the molecule is COc1ccc(-c2cc(-c3cc(OC)c(OC)c(OC)c3)sn2)cc1NC(C)=O. The molecule has 0 aliphatic heterocycles. The number of carbonyl (C=O) groups is 1. The number of aromatic nitrogens is 1. The van der Waals surface area contributed by atoms with E-state index in [-0.39, 0.29) is 5.91 Å². The van der Waals surface area contributed by atoms with Crippen LogP contribution in [-0.4, -0.2) is 38.7 Å². The minimum Gasteiger partial charge on any atom is -0.495 e. The van der Waals surface area contributed by atoms with E-state index in [9.17, 15) is 4.79 Å². The van der Waals surface area contributed by atoms with E-state index in [0.717, 1.165) is 21.7 Å². The van der Waals surface area contributed by atoms with E-state index in [1.54, 1.807) is 34.5 Å². The van der Waals surface area contributed by atoms with E-state index < -0.39 is 0 Å². The van der Waals surface area contributed by atoms with Crippen molar-refractivity contribution >= 4 is 23.1 Å². The third-order valence-corrected chi connectivity index (χ3v) is 5.10. The maximum Gasteiger partial charge on any atom is 0.221 e. The lowest BCUT2D eigenvalue weighted by atomic mass is 10.1. The highest BCUT2D eigenvalue weighted by molar-refractivity contribution is 7.09. The van der Waals surface area contributed by atoms with Gasteiger partial charge in [-0.2, -0.15) is 4.37 Å². The molecule has 0 unspecified atom stereocenters. The second-order valence-corrected chi connectivity index (χ2v) is 6.89. The zero-order chi connectivity index (χ0) is 21.0. The van der Waals surface area contributed by atoms with Crippen molar-refractivity contribution in [3.8, 4) is 44.7 Å². The third-order valence-electron chi connectivity index (χ3n) is 4.27. The Kier molecular flexibility index (Phi) is 6.23. The van der Waals surface area contributed by atoms with Gasteiger partial charge < -0.3 is 24.3 Å². The Morgan fingerprint density at radius 1 is 0.862 bits per heavy atom. The monoisotopic (exact) mass is 414 g/mol. The first kappa shape index (κ1) is 20.5. The van der Waals surface area contributed by atoms with E-state index in [1.807, 2.05) is 30.3 Å². The van der Waals surface area contributed by atoms with Gasteiger partial charge in [0.05, 0.1) is 44.7 Å². The molecule has 0 radical (unpaired) electrons. The van der Waals surface area contributed by atoms with Crippen LogP contribution in [-0.2, 0) is 4.79 Å². The molecule has 7 nitrogen and oxygen atoms in total. The van der Waals surface area contributed by atoms with Gasteiger partial charge in [0.25, 0.3) is 0 Å².